The molecule has 0 spiro atoms. The van der Waals surface area contributed by atoms with Gasteiger partial charge in [-0.15, -0.1) is 0 Å². The molecular weight excluding hydrogens is 155 g/mol. The third kappa shape index (κ3) is 1.42. The largest absolute Gasteiger partial charge is 0.487 e. The van der Waals surface area contributed by atoms with Crippen molar-refractivity contribution in [2.45, 2.75) is 25.9 Å². The van der Waals surface area contributed by atoms with Gasteiger partial charge in [0.15, 0.2) is 11.6 Å². The minimum absolute atomic E-state index is 0.248. The topological polar surface area (TPSA) is 9.23 Å². The summed E-state index contributed by atoms with van der Waals surface area (Å²) >= 11 is 0. The van der Waals surface area contributed by atoms with Crippen LogP contribution in [0.15, 0.2) is 18.2 Å². The van der Waals surface area contributed by atoms with Gasteiger partial charge in [0.25, 0.3) is 0 Å². The Hall–Kier alpha value is -1.05. The molecule has 12 heavy (non-hydrogen) atoms. The molecule has 1 aliphatic carbocycles. The summed E-state index contributed by atoms with van der Waals surface area (Å²) in [4.78, 5) is 0. The predicted molar refractivity (Wildman–Crippen MR) is 44.8 cm³/mol. The second kappa shape index (κ2) is 2.77. The van der Waals surface area contributed by atoms with Gasteiger partial charge in [0, 0.05) is 0 Å². The summed E-state index contributed by atoms with van der Waals surface area (Å²) in [6.45, 7) is 1.86. The second-order valence-corrected chi connectivity index (χ2v) is 3.20. The highest BCUT2D eigenvalue weighted by molar-refractivity contribution is 5.34. The lowest BCUT2D eigenvalue weighted by Crippen LogP contribution is -1.99. The number of ether oxygens (including phenoxy) is 1. The number of hydrogen-bond donors (Lipinski definition) is 0. The Morgan fingerprint density at radius 1 is 1.42 bits per heavy atom. The maximum absolute atomic E-state index is 13.1. The third-order valence-electron chi connectivity index (χ3n) is 1.97. The van der Waals surface area contributed by atoms with Crippen LogP contribution in [0.1, 0.15) is 18.4 Å². The lowest BCUT2D eigenvalue weighted by molar-refractivity contribution is 0.285. The third-order valence-corrected chi connectivity index (χ3v) is 1.97. The van der Waals surface area contributed by atoms with E-state index in [1.807, 2.05) is 13.0 Å². The van der Waals surface area contributed by atoms with Crippen molar-refractivity contribution in [3.8, 4) is 5.75 Å². The average molecular weight is 166 g/mol. The Morgan fingerprint density at radius 2 is 2.17 bits per heavy atom. The highest BCUT2D eigenvalue weighted by atomic mass is 19.1. The molecule has 0 aliphatic heterocycles. The van der Waals surface area contributed by atoms with Crippen molar-refractivity contribution >= 4 is 0 Å². The van der Waals surface area contributed by atoms with Gasteiger partial charge in [0.05, 0.1) is 6.10 Å². The maximum Gasteiger partial charge on any atom is 0.165 e. The van der Waals surface area contributed by atoms with Crippen molar-refractivity contribution < 1.29 is 9.13 Å². The fourth-order valence-electron chi connectivity index (χ4n) is 1.12. The van der Waals surface area contributed by atoms with E-state index in [1.54, 1.807) is 6.07 Å². The minimum Gasteiger partial charge on any atom is -0.487 e. The summed E-state index contributed by atoms with van der Waals surface area (Å²) < 4.78 is 18.5. The zero-order valence-corrected chi connectivity index (χ0v) is 7.01. The normalized spacial score (nSPS) is 16.2. The number of rotatable bonds is 2. The van der Waals surface area contributed by atoms with Gasteiger partial charge in [-0.05, 0) is 31.4 Å². The molecule has 0 atom stereocenters. The quantitative estimate of drug-likeness (QED) is 0.656. The molecule has 0 heterocycles. The molecular formula is C10H11FO. The van der Waals surface area contributed by atoms with Crippen LogP contribution in [0.4, 0.5) is 4.39 Å². The molecule has 0 aromatic heterocycles. The molecule has 2 heteroatoms. The van der Waals surface area contributed by atoms with E-state index in [1.165, 1.54) is 6.07 Å². The van der Waals surface area contributed by atoms with Crippen LogP contribution in [0.5, 0.6) is 5.75 Å². The first kappa shape index (κ1) is 7.59. The van der Waals surface area contributed by atoms with Crippen molar-refractivity contribution in [2.75, 3.05) is 0 Å². The Bertz CT molecular complexity index is 272. The molecule has 0 radical (unpaired) electrons. The van der Waals surface area contributed by atoms with Crippen molar-refractivity contribution in [1.82, 2.24) is 0 Å². The van der Waals surface area contributed by atoms with Crippen molar-refractivity contribution in [3.05, 3.63) is 29.6 Å². The Morgan fingerprint density at radius 3 is 2.75 bits per heavy atom. The number of benzene rings is 1. The Balaban J connectivity index is 2.26. The minimum atomic E-state index is -0.248. The van der Waals surface area contributed by atoms with Gasteiger partial charge < -0.3 is 4.74 Å². The zero-order chi connectivity index (χ0) is 8.55. The Labute approximate surface area is 71.2 Å². The predicted octanol–water partition coefficient (Wildman–Crippen LogP) is 2.68. The Kier molecular flexibility index (Phi) is 1.75. The number of para-hydroxylation sites is 1. The molecule has 1 aromatic rings. The van der Waals surface area contributed by atoms with Gasteiger partial charge in [-0.3, -0.25) is 0 Å². The van der Waals surface area contributed by atoms with Gasteiger partial charge in [-0.1, -0.05) is 12.1 Å². The summed E-state index contributed by atoms with van der Waals surface area (Å²) in [5, 5.41) is 0. The lowest BCUT2D eigenvalue weighted by Gasteiger charge is -2.07. The van der Waals surface area contributed by atoms with Crippen molar-refractivity contribution in [2.24, 2.45) is 0 Å². The summed E-state index contributed by atoms with van der Waals surface area (Å²) in [6, 6.07) is 5.00. The van der Waals surface area contributed by atoms with Gasteiger partial charge >= 0.3 is 0 Å². The molecule has 1 saturated carbocycles. The van der Waals surface area contributed by atoms with Crippen molar-refractivity contribution in [3.63, 3.8) is 0 Å². The molecule has 0 bridgehead atoms. The maximum atomic E-state index is 13.1. The van der Waals surface area contributed by atoms with E-state index in [0.29, 0.717) is 5.75 Å². The molecule has 0 amide bonds. The van der Waals surface area contributed by atoms with E-state index in [4.69, 9.17) is 4.74 Å². The van der Waals surface area contributed by atoms with Crippen LogP contribution >= 0.6 is 0 Å². The van der Waals surface area contributed by atoms with Gasteiger partial charge in [-0.2, -0.15) is 0 Å². The molecule has 1 nitrogen and oxygen atoms in total. The summed E-state index contributed by atoms with van der Waals surface area (Å²) in [5.74, 6) is 0.182. The molecule has 0 unspecified atom stereocenters. The monoisotopic (exact) mass is 166 g/mol. The number of aryl methyl sites for hydroxylation is 1. The number of hydrogen-bond acceptors (Lipinski definition) is 1. The van der Waals surface area contributed by atoms with Gasteiger partial charge in [0.2, 0.25) is 0 Å². The first-order valence-corrected chi connectivity index (χ1v) is 4.19. The fourth-order valence-corrected chi connectivity index (χ4v) is 1.12. The molecule has 0 N–H and O–H groups in total. The van der Waals surface area contributed by atoms with Crippen LogP contribution in [0.25, 0.3) is 0 Å². The molecule has 1 aromatic carbocycles. The zero-order valence-electron chi connectivity index (χ0n) is 7.01. The fraction of sp³-hybridized carbons (Fsp3) is 0.400. The molecule has 1 fully saturated rings. The summed E-state index contributed by atoms with van der Waals surface area (Å²) in [6.07, 6.45) is 2.39. The van der Waals surface area contributed by atoms with Gasteiger partial charge in [0.1, 0.15) is 0 Å². The van der Waals surface area contributed by atoms with Crippen LogP contribution in [-0.4, -0.2) is 6.10 Å². The summed E-state index contributed by atoms with van der Waals surface area (Å²) in [7, 11) is 0. The second-order valence-electron chi connectivity index (χ2n) is 3.20. The van der Waals surface area contributed by atoms with Crippen molar-refractivity contribution in [1.29, 1.82) is 0 Å². The standard InChI is InChI=1S/C10H11FO/c1-7-3-2-4-9(11)10(7)12-8-5-6-8/h2-4,8H,5-6H2,1H3. The highest BCUT2D eigenvalue weighted by Crippen LogP contribution is 2.30. The smallest absolute Gasteiger partial charge is 0.165 e. The van der Waals surface area contributed by atoms with Gasteiger partial charge in [-0.25, -0.2) is 4.39 Å². The van der Waals surface area contributed by atoms with Crippen LogP contribution in [-0.2, 0) is 0 Å². The number of halogens is 1. The highest BCUT2D eigenvalue weighted by Gasteiger charge is 2.25. The first-order valence-electron chi connectivity index (χ1n) is 4.19. The molecule has 1 aliphatic rings. The van der Waals surface area contributed by atoms with E-state index in [-0.39, 0.29) is 11.9 Å². The first-order chi connectivity index (χ1) is 5.77. The SMILES string of the molecule is Cc1cccc(F)c1OC1CC1. The lowest BCUT2D eigenvalue weighted by atomic mass is 10.2. The van der Waals surface area contributed by atoms with E-state index in [2.05, 4.69) is 0 Å². The van der Waals surface area contributed by atoms with Crippen LogP contribution in [0, 0.1) is 12.7 Å². The summed E-state index contributed by atoms with van der Waals surface area (Å²) in [5.41, 5.74) is 0.877. The van der Waals surface area contributed by atoms with E-state index < -0.39 is 0 Å². The average Bonchev–Trinajstić information content (AvgIpc) is 2.80. The van der Waals surface area contributed by atoms with Crippen LogP contribution < -0.4 is 4.74 Å². The van der Waals surface area contributed by atoms with E-state index in [9.17, 15) is 4.39 Å². The van der Waals surface area contributed by atoms with Crippen LogP contribution in [0.2, 0.25) is 0 Å². The molecule has 2 rings (SSSR count). The molecule has 64 valence electrons. The van der Waals surface area contributed by atoms with Crippen LogP contribution in [0.3, 0.4) is 0 Å². The molecule has 0 saturated heterocycles. The van der Waals surface area contributed by atoms with E-state index in [0.717, 1.165) is 18.4 Å². The van der Waals surface area contributed by atoms with E-state index >= 15 is 0 Å².